The number of hydrogen-bond donors (Lipinski definition) is 2. The molecule has 0 radical (unpaired) electrons. The lowest BCUT2D eigenvalue weighted by Crippen LogP contribution is -2.35. The molecular formula is C23H25N3O6. The van der Waals surface area contributed by atoms with Gasteiger partial charge in [-0.1, -0.05) is 0 Å². The van der Waals surface area contributed by atoms with E-state index in [1.807, 2.05) is 19.0 Å². The number of non-ortho nitro benzene ring substituents is 1. The van der Waals surface area contributed by atoms with Gasteiger partial charge in [0, 0.05) is 25.2 Å². The van der Waals surface area contributed by atoms with E-state index >= 15 is 0 Å². The first-order valence-electron chi connectivity index (χ1n) is 10.0. The molecule has 1 aliphatic heterocycles. The van der Waals surface area contributed by atoms with E-state index in [0.717, 1.165) is 11.1 Å². The molecule has 1 heterocycles. The predicted octanol–water partition coefficient (Wildman–Crippen LogP) is 2.90. The Hall–Kier alpha value is -3.72. The number of nitrogens with zero attached hydrogens (tertiary/aromatic N) is 3. The molecule has 2 aromatic rings. The standard InChI is InChI=1S/C23H25N3O6/c1-13-11-17(18(27)12-14(13)2)21(28)19-20(15-5-7-16(8-6-15)26(31)32)25(10-9-24(3)4)23(30)22(19)29/h5-8,11-12,20,27-28H,9-10H2,1-4H3/t20-/m0/s1. The third-order valence-corrected chi connectivity index (χ3v) is 5.61. The molecule has 3 rings (SSSR count). The SMILES string of the molecule is Cc1cc(O)c(C(O)=C2C(=O)C(=O)N(CCN(C)C)[C@H]2c2ccc([N+](=O)[O-])cc2)cc1C. The van der Waals surface area contributed by atoms with Crippen LogP contribution in [0.1, 0.15) is 28.3 Å². The summed E-state index contributed by atoms with van der Waals surface area (Å²) in [5, 5.41) is 32.5. The Kier molecular flexibility index (Phi) is 6.31. The van der Waals surface area contributed by atoms with Crippen molar-refractivity contribution < 1.29 is 24.7 Å². The minimum atomic E-state index is -0.947. The van der Waals surface area contributed by atoms with Gasteiger partial charge in [-0.25, -0.2) is 0 Å². The molecule has 168 valence electrons. The summed E-state index contributed by atoms with van der Waals surface area (Å²) in [4.78, 5) is 39.5. The van der Waals surface area contributed by atoms with Crippen LogP contribution in [0.3, 0.4) is 0 Å². The number of carbonyl (C=O) groups excluding carboxylic acids is 2. The number of aliphatic hydroxyl groups excluding tert-OH is 1. The smallest absolute Gasteiger partial charge is 0.295 e. The van der Waals surface area contributed by atoms with Gasteiger partial charge in [-0.15, -0.1) is 0 Å². The van der Waals surface area contributed by atoms with Crippen molar-refractivity contribution in [1.82, 2.24) is 9.80 Å². The number of amides is 1. The van der Waals surface area contributed by atoms with Crippen LogP contribution in [0.5, 0.6) is 5.75 Å². The molecule has 2 aromatic carbocycles. The third kappa shape index (κ3) is 4.19. The average molecular weight is 439 g/mol. The molecule has 1 aliphatic rings. The second-order valence-corrected chi connectivity index (χ2v) is 8.10. The average Bonchev–Trinajstić information content (AvgIpc) is 2.99. The summed E-state index contributed by atoms with van der Waals surface area (Å²) in [7, 11) is 3.65. The van der Waals surface area contributed by atoms with Crippen LogP contribution in [-0.2, 0) is 9.59 Å². The van der Waals surface area contributed by atoms with E-state index in [1.165, 1.54) is 35.2 Å². The van der Waals surface area contributed by atoms with Crippen LogP contribution >= 0.6 is 0 Å². The summed E-state index contributed by atoms with van der Waals surface area (Å²) < 4.78 is 0. The van der Waals surface area contributed by atoms with E-state index in [0.29, 0.717) is 12.1 Å². The number of phenolic OH excluding ortho intramolecular Hbond substituents is 1. The number of likely N-dealkylation sites (N-methyl/N-ethyl adjacent to an activating group) is 1. The van der Waals surface area contributed by atoms with Gasteiger partial charge in [0.1, 0.15) is 11.5 Å². The molecule has 0 bridgehead atoms. The van der Waals surface area contributed by atoms with Gasteiger partial charge in [0.05, 0.1) is 22.1 Å². The van der Waals surface area contributed by atoms with Crippen molar-refractivity contribution in [3.8, 4) is 5.75 Å². The van der Waals surface area contributed by atoms with E-state index < -0.39 is 28.4 Å². The Labute approximate surface area is 185 Å². The first kappa shape index (κ1) is 23.0. The van der Waals surface area contributed by atoms with Gasteiger partial charge in [0.15, 0.2) is 0 Å². The number of aromatic hydroxyl groups is 1. The van der Waals surface area contributed by atoms with Crippen molar-refractivity contribution in [3.05, 3.63) is 74.3 Å². The first-order chi connectivity index (χ1) is 15.0. The fourth-order valence-electron chi connectivity index (χ4n) is 3.68. The lowest BCUT2D eigenvalue weighted by atomic mass is 9.93. The Morgan fingerprint density at radius 2 is 1.72 bits per heavy atom. The fraction of sp³-hybridized carbons (Fsp3) is 0.304. The molecule has 0 spiro atoms. The number of rotatable bonds is 6. The highest BCUT2D eigenvalue weighted by molar-refractivity contribution is 6.46. The van der Waals surface area contributed by atoms with Crippen molar-refractivity contribution in [1.29, 1.82) is 0 Å². The molecule has 1 amide bonds. The third-order valence-electron chi connectivity index (χ3n) is 5.61. The second-order valence-electron chi connectivity index (χ2n) is 8.10. The molecule has 0 aliphatic carbocycles. The second kappa shape index (κ2) is 8.80. The van der Waals surface area contributed by atoms with Crippen LogP contribution in [0.25, 0.3) is 5.76 Å². The van der Waals surface area contributed by atoms with Gasteiger partial charge < -0.3 is 20.0 Å². The zero-order valence-corrected chi connectivity index (χ0v) is 18.3. The summed E-state index contributed by atoms with van der Waals surface area (Å²) in [6, 6.07) is 7.59. The van der Waals surface area contributed by atoms with Gasteiger partial charge in [-0.2, -0.15) is 0 Å². The number of phenols is 1. The van der Waals surface area contributed by atoms with E-state index in [-0.39, 0.29) is 29.1 Å². The highest BCUT2D eigenvalue weighted by Gasteiger charge is 2.46. The van der Waals surface area contributed by atoms with Crippen LogP contribution in [0, 0.1) is 24.0 Å². The van der Waals surface area contributed by atoms with Crippen molar-refractivity contribution >= 4 is 23.1 Å². The molecule has 0 unspecified atom stereocenters. The van der Waals surface area contributed by atoms with E-state index in [1.54, 1.807) is 19.9 Å². The summed E-state index contributed by atoms with van der Waals surface area (Å²) in [6.07, 6.45) is 0. The minimum Gasteiger partial charge on any atom is -0.507 e. The van der Waals surface area contributed by atoms with Gasteiger partial charge in [0.2, 0.25) is 0 Å². The maximum Gasteiger partial charge on any atom is 0.295 e. The van der Waals surface area contributed by atoms with E-state index in [9.17, 15) is 29.9 Å². The van der Waals surface area contributed by atoms with Crippen molar-refractivity contribution in [2.75, 3.05) is 27.2 Å². The van der Waals surface area contributed by atoms with Gasteiger partial charge in [0.25, 0.3) is 17.4 Å². The monoisotopic (exact) mass is 439 g/mol. The number of Topliss-reactive ketones (excluding diaryl/α,β-unsaturated/α-hetero) is 1. The summed E-state index contributed by atoms with van der Waals surface area (Å²) in [5.74, 6) is -2.35. The van der Waals surface area contributed by atoms with Gasteiger partial charge in [-0.05, 0) is 68.9 Å². The topological polar surface area (TPSA) is 124 Å². The minimum absolute atomic E-state index is 0.0469. The molecule has 2 N–H and O–H groups in total. The number of ketones is 1. The highest BCUT2D eigenvalue weighted by atomic mass is 16.6. The molecule has 32 heavy (non-hydrogen) atoms. The highest BCUT2D eigenvalue weighted by Crippen LogP contribution is 2.41. The van der Waals surface area contributed by atoms with Gasteiger partial charge in [-0.3, -0.25) is 19.7 Å². The summed E-state index contributed by atoms with van der Waals surface area (Å²) >= 11 is 0. The molecule has 0 aromatic heterocycles. The number of likely N-dealkylation sites (tertiary alicyclic amines) is 1. The molecule has 1 atom stereocenters. The number of nitro benzene ring substituents is 1. The van der Waals surface area contributed by atoms with E-state index in [2.05, 4.69) is 0 Å². The Morgan fingerprint density at radius 3 is 2.28 bits per heavy atom. The normalized spacial score (nSPS) is 17.9. The maximum absolute atomic E-state index is 13.0. The first-order valence-corrected chi connectivity index (χ1v) is 10.0. The zero-order chi connectivity index (χ0) is 23.7. The van der Waals surface area contributed by atoms with Gasteiger partial charge >= 0.3 is 0 Å². The summed E-state index contributed by atoms with van der Waals surface area (Å²) in [6.45, 7) is 4.27. The number of aliphatic hydroxyl groups is 1. The molecule has 0 saturated carbocycles. The molecule has 9 heteroatoms. The van der Waals surface area contributed by atoms with Crippen molar-refractivity contribution in [2.45, 2.75) is 19.9 Å². The number of carbonyl (C=O) groups is 2. The molecule has 9 nitrogen and oxygen atoms in total. The van der Waals surface area contributed by atoms with Crippen LogP contribution in [0.15, 0.2) is 42.0 Å². The Morgan fingerprint density at radius 1 is 1.12 bits per heavy atom. The maximum atomic E-state index is 13.0. The number of nitro groups is 1. The molecule has 1 fully saturated rings. The van der Waals surface area contributed by atoms with Crippen LogP contribution in [0.4, 0.5) is 5.69 Å². The summed E-state index contributed by atoms with van der Waals surface area (Å²) in [5.41, 5.74) is 1.78. The lowest BCUT2D eigenvalue weighted by Gasteiger charge is -2.26. The number of benzene rings is 2. The Balaban J connectivity index is 2.20. The molecule has 1 saturated heterocycles. The predicted molar refractivity (Wildman–Crippen MR) is 118 cm³/mol. The quantitative estimate of drug-likeness (QED) is 0.233. The van der Waals surface area contributed by atoms with E-state index in [4.69, 9.17) is 0 Å². The fourth-order valence-corrected chi connectivity index (χ4v) is 3.68. The van der Waals surface area contributed by atoms with Crippen molar-refractivity contribution in [3.63, 3.8) is 0 Å². The van der Waals surface area contributed by atoms with Crippen LogP contribution in [-0.4, -0.2) is 63.8 Å². The van der Waals surface area contributed by atoms with Crippen LogP contribution in [0.2, 0.25) is 0 Å². The number of aryl methyl sites for hydroxylation is 2. The largest absolute Gasteiger partial charge is 0.507 e. The Bertz CT molecular complexity index is 1120. The lowest BCUT2D eigenvalue weighted by molar-refractivity contribution is -0.384. The zero-order valence-electron chi connectivity index (χ0n) is 18.3. The van der Waals surface area contributed by atoms with Crippen molar-refractivity contribution in [2.24, 2.45) is 0 Å². The van der Waals surface area contributed by atoms with Crippen LogP contribution < -0.4 is 0 Å². The molecular weight excluding hydrogens is 414 g/mol. The number of hydrogen-bond acceptors (Lipinski definition) is 7.